The lowest BCUT2D eigenvalue weighted by Crippen LogP contribution is -2.19. The summed E-state index contributed by atoms with van der Waals surface area (Å²) >= 11 is 0. The molecule has 1 heteroatoms. The Morgan fingerprint density at radius 1 is 0.789 bits per heavy atom. The van der Waals surface area contributed by atoms with Gasteiger partial charge in [-0.15, -0.1) is 0 Å². The van der Waals surface area contributed by atoms with Crippen LogP contribution in [0.4, 0.5) is 0 Å². The summed E-state index contributed by atoms with van der Waals surface area (Å²) in [5.74, 6) is 0.905. The maximum atomic E-state index is 2.41. The van der Waals surface area contributed by atoms with E-state index in [9.17, 15) is 0 Å². The van der Waals surface area contributed by atoms with Crippen molar-refractivity contribution in [2.45, 2.75) is 31.8 Å². The van der Waals surface area contributed by atoms with Crippen molar-refractivity contribution in [3.63, 3.8) is 0 Å². The van der Waals surface area contributed by atoms with Gasteiger partial charge in [0.1, 0.15) is 0 Å². The molecule has 19 heavy (non-hydrogen) atoms. The molecule has 0 aromatic heterocycles. The largest absolute Gasteiger partial charge is 0.0625 e. The monoisotopic (exact) mass is 268 g/mol. The first-order valence-electron chi connectivity index (χ1n) is 7.24. The van der Waals surface area contributed by atoms with Gasteiger partial charge in [0, 0.05) is 0 Å². The van der Waals surface area contributed by atoms with E-state index in [0.29, 0.717) is 0 Å². The van der Waals surface area contributed by atoms with Gasteiger partial charge in [-0.2, -0.15) is 0 Å². The third-order valence-electron chi connectivity index (χ3n) is 4.10. The van der Waals surface area contributed by atoms with Crippen molar-refractivity contribution in [3.8, 4) is 0 Å². The highest BCUT2D eigenvalue weighted by Gasteiger charge is 2.30. The van der Waals surface area contributed by atoms with Crippen LogP contribution in [0.25, 0.3) is 0 Å². The molecule has 2 atom stereocenters. The molecule has 98 valence electrons. The van der Waals surface area contributed by atoms with E-state index in [1.54, 1.807) is 10.6 Å². The fraction of sp³-hybridized carbons (Fsp3) is 0.333. The topological polar surface area (TPSA) is 0 Å². The molecule has 0 amide bonds. The number of hydrogen-bond acceptors (Lipinski definition) is 0. The van der Waals surface area contributed by atoms with Crippen LogP contribution < -0.4 is 10.6 Å². The first-order chi connectivity index (χ1) is 9.34. The Balaban J connectivity index is 1.97. The van der Waals surface area contributed by atoms with Crippen LogP contribution in [0, 0.1) is 5.92 Å². The molecule has 0 heterocycles. The first-order valence-corrected chi connectivity index (χ1v) is 8.65. The Morgan fingerprint density at radius 2 is 1.32 bits per heavy atom. The summed E-state index contributed by atoms with van der Waals surface area (Å²) in [6.07, 6.45) is 4.20. The summed E-state index contributed by atoms with van der Waals surface area (Å²) in [6.45, 7) is 2.41. The van der Waals surface area contributed by atoms with E-state index in [1.165, 1.54) is 19.3 Å². The molecule has 0 radical (unpaired) electrons. The standard InChI is InChI=1S/C18H21P/c1-15-12-13-18(14-15)19(16-8-4-2-5-9-16)17-10-6-3-7-11-17/h2-11,15,18H,12-14H2,1H3/t15?,18-/m1/s1. The lowest BCUT2D eigenvalue weighted by molar-refractivity contribution is 0.613. The quantitative estimate of drug-likeness (QED) is 0.728. The Labute approximate surface area is 117 Å². The zero-order chi connectivity index (χ0) is 13.1. The van der Waals surface area contributed by atoms with Gasteiger partial charge in [0.05, 0.1) is 0 Å². The molecule has 2 aromatic rings. The van der Waals surface area contributed by atoms with Crippen LogP contribution in [0.2, 0.25) is 0 Å². The van der Waals surface area contributed by atoms with Gasteiger partial charge in [-0.25, -0.2) is 0 Å². The lowest BCUT2D eigenvalue weighted by atomic mass is 10.1. The number of hydrogen-bond donors (Lipinski definition) is 0. The molecule has 1 aliphatic rings. The summed E-state index contributed by atoms with van der Waals surface area (Å²) in [5, 5.41) is 3.09. The van der Waals surface area contributed by atoms with Gasteiger partial charge in [0.15, 0.2) is 0 Å². The molecule has 1 saturated carbocycles. The third-order valence-corrected chi connectivity index (χ3v) is 7.01. The third kappa shape index (κ3) is 2.90. The number of rotatable bonds is 3. The second-order valence-corrected chi connectivity index (χ2v) is 8.12. The van der Waals surface area contributed by atoms with Crippen molar-refractivity contribution in [2.75, 3.05) is 0 Å². The maximum absolute atomic E-state index is 2.41. The normalized spacial score (nSPS) is 22.8. The minimum absolute atomic E-state index is 0.179. The maximum Gasteiger partial charge on any atom is -0.0126 e. The predicted molar refractivity (Wildman–Crippen MR) is 85.9 cm³/mol. The average Bonchev–Trinajstić information content (AvgIpc) is 2.88. The van der Waals surface area contributed by atoms with Crippen LogP contribution in [-0.4, -0.2) is 5.66 Å². The fourth-order valence-corrected chi connectivity index (χ4v) is 6.27. The van der Waals surface area contributed by atoms with E-state index < -0.39 is 0 Å². The van der Waals surface area contributed by atoms with E-state index in [2.05, 4.69) is 67.6 Å². The van der Waals surface area contributed by atoms with Crippen molar-refractivity contribution in [1.82, 2.24) is 0 Å². The average molecular weight is 268 g/mol. The van der Waals surface area contributed by atoms with Gasteiger partial charge in [0.2, 0.25) is 0 Å². The SMILES string of the molecule is CC1CC[C@@H](P(c2ccccc2)c2ccccc2)C1. The molecule has 0 N–H and O–H groups in total. The molecule has 1 aliphatic carbocycles. The van der Waals surface area contributed by atoms with Gasteiger partial charge < -0.3 is 0 Å². The molecular formula is C18H21P. The van der Waals surface area contributed by atoms with Crippen LogP contribution in [-0.2, 0) is 0 Å². The minimum Gasteiger partial charge on any atom is -0.0625 e. The van der Waals surface area contributed by atoms with Crippen molar-refractivity contribution in [1.29, 1.82) is 0 Å². The second-order valence-electron chi connectivity index (χ2n) is 5.61. The summed E-state index contributed by atoms with van der Waals surface area (Å²) in [4.78, 5) is 0. The molecule has 0 spiro atoms. The van der Waals surface area contributed by atoms with Crippen molar-refractivity contribution < 1.29 is 0 Å². The van der Waals surface area contributed by atoms with E-state index >= 15 is 0 Å². The van der Waals surface area contributed by atoms with Crippen LogP contribution in [0.15, 0.2) is 60.7 Å². The van der Waals surface area contributed by atoms with Gasteiger partial charge in [-0.1, -0.05) is 74.0 Å². The lowest BCUT2D eigenvalue weighted by Gasteiger charge is -2.25. The highest BCUT2D eigenvalue weighted by atomic mass is 31.1. The molecule has 2 aromatic carbocycles. The molecule has 0 nitrogen and oxygen atoms in total. The van der Waals surface area contributed by atoms with Crippen molar-refractivity contribution in [3.05, 3.63) is 60.7 Å². The van der Waals surface area contributed by atoms with Gasteiger partial charge >= 0.3 is 0 Å². The molecule has 3 rings (SSSR count). The smallest absolute Gasteiger partial charge is 0.0126 e. The van der Waals surface area contributed by atoms with Crippen LogP contribution >= 0.6 is 7.92 Å². The Morgan fingerprint density at radius 3 is 1.74 bits per heavy atom. The van der Waals surface area contributed by atoms with E-state index in [0.717, 1.165) is 11.6 Å². The van der Waals surface area contributed by atoms with E-state index in [-0.39, 0.29) is 7.92 Å². The van der Waals surface area contributed by atoms with Gasteiger partial charge in [0.25, 0.3) is 0 Å². The van der Waals surface area contributed by atoms with E-state index in [1.807, 2.05) is 0 Å². The molecule has 0 bridgehead atoms. The van der Waals surface area contributed by atoms with Crippen molar-refractivity contribution >= 4 is 18.5 Å². The first kappa shape index (κ1) is 12.9. The summed E-state index contributed by atoms with van der Waals surface area (Å²) in [5.41, 5.74) is 0.870. The molecular weight excluding hydrogens is 247 g/mol. The molecule has 1 fully saturated rings. The zero-order valence-corrected chi connectivity index (χ0v) is 12.4. The summed E-state index contributed by atoms with van der Waals surface area (Å²) in [6, 6.07) is 22.3. The molecule has 1 unspecified atom stereocenters. The van der Waals surface area contributed by atoms with Crippen LogP contribution in [0.3, 0.4) is 0 Å². The fourth-order valence-electron chi connectivity index (χ4n) is 3.16. The summed E-state index contributed by atoms with van der Waals surface area (Å²) < 4.78 is 0. The summed E-state index contributed by atoms with van der Waals surface area (Å²) in [7, 11) is -0.179. The van der Waals surface area contributed by atoms with Crippen molar-refractivity contribution in [2.24, 2.45) is 5.92 Å². The predicted octanol–water partition coefficient (Wildman–Crippen LogP) is 4.31. The second kappa shape index (κ2) is 5.88. The van der Waals surface area contributed by atoms with Crippen LogP contribution in [0.1, 0.15) is 26.2 Å². The Bertz CT molecular complexity index is 466. The Kier molecular flexibility index (Phi) is 3.99. The minimum atomic E-state index is -0.179. The Hall–Kier alpha value is -1.13. The highest BCUT2D eigenvalue weighted by Crippen LogP contribution is 2.48. The van der Waals surface area contributed by atoms with Crippen LogP contribution in [0.5, 0.6) is 0 Å². The highest BCUT2D eigenvalue weighted by molar-refractivity contribution is 7.73. The molecule has 0 saturated heterocycles. The zero-order valence-electron chi connectivity index (χ0n) is 11.5. The van der Waals surface area contributed by atoms with E-state index in [4.69, 9.17) is 0 Å². The van der Waals surface area contributed by atoms with Gasteiger partial charge in [-0.3, -0.25) is 0 Å². The molecule has 0 aliphatic heterocycles. The number of benzene rings is 2. The van der Waals surface area contributed by atoms with Gasteiger partial charge in [-0.05, 0) is 42.9 Å².